The largest absolute Gasteiger partial charge is 0.305 e. The van der Waals surface area contributed by atoms with Gasteiger partial charge in [0.1, 0.15) is 0 Å². The highest BCUT2D eigenvalue weighted by atomic mass is 15.0. The molecule has 1 aliphatic rings. The molecule has 2 aromatic carbocycles. The van der Waals surface area contributed by atoms with Crippen LogP contribution in [-0.4, -0.2) is 25.5 Å². The molecule has 0 aromatic heterocycles. The van der Waals surface area contributed by atoms with Crippen molar-refractivity contribution in [3.8, 4) is 0 Å². The summed E-state index contributed by atoms with van der Waals surface area (Å²) in [5.41, 5.74) is 9.81. The smallest absolute Gasteiger partial charge is 0.0190 e. The molecule has 1 heteroatoms. The first kappa shape index (κ1) is 19.4. The highest BCUT2D eigenvalue weighted by Crippen LogP contribution is 2.38. The Kier molecular flexibility index (Phi) is 6.47. The fourth-order valence-electron chi connectivity index (χ4n) is 3.86. The molecule has 0 fully saturated rings. The summed E-state index contributed by atoms with van der Waals surface area (Å²) in [5.74, 6) is 0. The van der Waals surface area contributed by atoms with E-state index in [1.165, 1.54) is 39.0 Å². The number of aryl methyl sites for hydroxylation is 1. The third kappa shape index (κ3) is 4.87. The standard InChI is InChI=1S/C26H31N/c1-5-25(22-9-7-6-8-10-22)26(23-15-11-20(2)12-16-23)24-17-13-21(14-18-24)19-27(3)4/h6-13,15-17H,5,14,18-19H2,1-4H3/b26-25-. The van der Waals surface area contributed by atoms with Gasteiger partial charge in [0.15, 0.2) is 0 Å². The molecule has 0 amide bonds. The van der Waals surface area contributed by atoms with Crippen molar-refractivity contribution in [2.75, 3.05) is 20.6 Å². The zero-order chi connectivity index (χ0) is 19.2. The van der Waals surface area contributed by atoms with Crippen LogP contribution in [0.15, 0.2) is 77.9 Å². The number of nitrogens with zero attached hydrogens (tertiary/aromatic N) is 1. The number of benzene rings is 2. The van der Waals surface area contributed by atoms with Crippen LogP contribution in [0.4, 0.5) is 0 Å². The van der Waals surface area contributed by atoms with E-state index in [9.17, 15) is 0 Å². The summed E-state index contributed by atoms with van der Waals surface area (Å²) in [6.07, 6.45) is 7.98. The first-order chi connectivity index (χ1) is 13.1. The summed E-state index contributed by atoms with van der Waals surface area (Å²) in [4.78, 5) is 2.25. The maximum atomic E-state index is 2.36. The molecule has 1 aliphatic carbocycles. The predicted molar refractivity (Wildman–Crippen MR) is 119 cm³/mol. The second-order valence-corrected chi connectivity index (χ2v) is 7.69. The second kappa shape index (κ2) is 9.01. The SMILES string of the molecule is CC/C(=C(/C1=CC=C(CN(C)C)CC1)c1ccc(C)cc1)c1ccccc1. The molecule has 3 rings (SSSR count). The van der Waals surface area contributed by atoms with E-state index >= 15 is 0 Å². The van der Waals surface area contributed by atoms with Crippen molar-refractivity contribution >= 4 is 11.1 Å². The minimum atomic E-state index is 1.03. The van der Waals surface area contributed by atoms with Crippen LogP contribution in [0.1, 0.15) is 42.9 Å². The van der Waals surface area contributed by atoms with Crippen LogP contribution >= 0.6 is 0 Å². The lowest BCUT2D eigenvalue weighted by atomic mass is 9.83. The number of allylic oxidation sites excluding steroid dienone is 5. The molecule has 0 unspecified atom stereocenters. The molecule has 2 aromatic rings. The van der Waals surface area contributed by atoms with Gasteiger partial charge in [-0.15, -0.1) is 0 Å². The molecule has 0 saturated carbocycles. The lowest BCUT2D eigenvalue weighted by Crippen LogP contribution is -2.16. The molecule has 0 heterocycles. The number of hydrogen-bond donors (Lipinski definition) is 0. The molecule has 0 saturated heterocycles. The van der Waals surface area contributed by atoms with Gasteiger partial charge in [0.2, 0.25) is 0 Å². The van der Waals surface area contributed by atoms with Crippen molar-refractivity contribution in [2.45, 2.75) is 33.1 Å². The van der Waals surface area contributed by atoms with Crippen LogP contribution in [0.2, 0.25) is 0 Å². The maximum Gasteiger partial charge on any atom is 0.0190 e. The number of hydrogen-bond acceptors (Lipinski definition) is 1. The van der Waals surface area contributed by atoms with Crippen LogP contribution < -0.4 is 0 Å². The van der Waals surface area contributed by atoms with E-state index in [0.717, 1.165) is 25.8 Å². The van der Waals surface area contributed by atoms with E-state index in [4.69, 9.17) is 0 Å². The highest BCUT2D eigenvalue weighted by molar-refractivity contribution is 5.98. The van der Waals surface area contributed by atoms with Crippen molar-refractivity contribution in [1.29, 1.82) is 0 Å². The molecule has 140 valence electrons. The van der Waals surface area contributed by atoms with Crippen LogP contribution in [0.5, 0.6) is 0 Å². The quantitative estimate of drug-likeness (QED) is 0.532. The van der Waals surface area contributed by atoms with E-state index in [1.807, 2.05) is 0 Å². The van der Waals surface area contributed by atoms with Gasteiger partial charge in [-0.2, -0.15) is 0 Å². The minimum absolute atomic E-state index is 1.03. The van der Waals surface area contributed by atoms with Gasteiger partial charge in [-0.3, -0.25) is 0 Å². The first-order valence-corrected chi connectivity index (χ1v) is 9.97. The molecule has 0 bridgehead atoms. The summed E-state index contributed by atoms with van der Waals surface area (Å²) < 4.78 is 0. The fourth-order valence-corrected chi connectivity index (χ4v) is 3.86. The van der Waals surface area contributed by atoms with E-state index in [2.05, 4.69) is 99.6 Å². The Morgan fingerprint density at radius 1 is 0.852 bits per heavy atom. The van der Waals surface area contributed by atoms with Crippen LogP contribution in [0.25, 0.3) is 11.1 Å². The minimum Gasteiger partial charge on any atom is -0.305 e. The molecule has 27 heavy (non-hydrogen) atoms. The van der Waals surface area contributed by atoms with Gasteiger partial charge in [-0.1, -0.05) is 84.8 Å². The van der Waals surface area contributed by atoms with Crippen LogP contribution in [0.3, 0.4) is 0 Å². The monoisotopic (exact) mass is 357 g/mol. The zero-order valence-electron chi connectivity index (χ0n) is 17.1. The molecule has 0 N–H and O–H groups in total. The summed E-state index contributed by atoms with van der Waals surface area (Å²) >= 11 is 0. The zero-order valence-corrected chi connectivity index (χ0v) is 17.1. The lowest BCUT2D eigenvalue weighted by Gasteiger charge is -2.23. The number of likely N-dealkylation sites (N-methyl/N-ethyl adjacent to an activating group) is 1. The molecule has 0 aliphatic heterocycles. The normalized spacial score (nSPS) is 15.3. The van der Waals surface area contributed by atoms with Gasteiger partial charge in [0.25, 0.3) is 0 Å². The van der Waals surface area contributed by atoms with E-state index in [1.54, 1.807) is 0 Å². The first-order valence-electron chi connectivity index (χ1n) is 9.97. The van der Waals surface area contributed by atoms with Crippen molar-refractivity contribution in [1.82, 2.24) is 4.90 Å². The summed E-state index contributed by atoms with van der Waals surface area (Å²) in [7, 11) is 4.28. The van der Waals surface area contributed by atoms with Crippen LogP contribution in [0, 0.1) is 6.92 Å². The summed E-state index contributed by atoms with van der Waals surface area (Å²) in [6, 6.07) is 19.9. The topological polar surface area (TPSA) is 3.24 Å². The van der Waals surface area contributed by atoms with Gasteiger partial charge in [-0.25, -0.2) is 0 Å². The van der Waals surface area contributed by atoms with Gasteiger partial charge < -0.3 is 4.90 Å². The Hall–Kier alpha value is -2.38. The Bertz CT molecular complexity index is 849. The predicted octanol–water partition coefficient (Wildman–Crippen LogP) is 6.52. The summed E-state index contributed by atoms with van der Waals surface area (Å²) in [6.45, 7) is 5.47. The Labute approximate surface area is 164 Å². The second-order valence-electron chi connectivity index (χ2n) is 7.69. The molecular weight excluding hydrogens is 326 g/mol. The van der Waals surface area contributed by atoms with Gasteiger partial charge in [0.05, 0.1) is 0 Å². The Balaban J connectivity index is 2.11. The molecule has 0 atom stereocenters. The third-order valence-electron chi connectivity index (χ3n) is 5.19. The maximum absolute atomic E-state index is 2.36. The molecule has 0 spiro atoms. The Morgan fingerprint density at radius 2 is 1.56 bits per heavy atom. The van der Waals surface area contributed by atoms with Crippen LogP contribution in [-0.2, 0) is 0 Å². The van der Waals surface area contributed by atoms with Gasteiger partial charge in [-0.05, 0) is 68.1 Å². The van der Waals surface area contributed by atoms with Gasteiger partial charge >= 0.3 is 0 Å². The summed E-state index contributed by atoms with van der Waals surface area (Å²) in [5, 5.41) is 0. The molecule has 0 radical (unpaired) electrons. The van der Waals surface area contributed by atoms with Crippen molar-refractivity contribution in [3.63, 3.8) is 0 Å². The average molecular weight is 358 g/mol. The van der Waals surface area contributed by atoms with Crippen molar-refractivity contribution in [3.05, 3.63) is 94.6 Å². The van der Waals surface area contributed by atoms with Gasteiger partial charge in [0, 0.05) is 6.54 Å². The lowest BCUT2D eigenvalue weighted by molar-refractivity contribution is 0.438. The Morgan fingerprint density at radius 3 is 2.11 bits per heavy atom. The van der Waals surface area contributed by atoms with Crippen molar-refractivity contribution in [2.24, 2.45) is 0 Å². The third-order valence-corrected chi connectivity index (χ3v) is 5.19. The molecular formula is C26H31N. The number of rotatable bonds is 6. The average Bonchev–Trinajstić information content (AvgIpc) is 2.68. The van der Waals surface area contributed by atoms with E-state index in [0.29, 0.717) is 0 Å². The van der Waals surface area contributed by atoms with E-state index in [-0.39, 0.29) is 0 Å². The molecule has 1 nitrogen and oxygen atoms in total. The van der Waals surface area contributed by atoms with Crippen molar-refractivity contribution < 1.29 is 0 Å². The van der Waals surface area contributed by atoms with E-state index < -0.39 is 0 Å². The highest BCUT2D eigenvalue weighted by Gasteiger charge is 2.17. The fraction of sp³-hybridized carbons (Fsp3) is 0.308.